The van der Waals surface area contributed by atoms with Crippen molar-refractivity contribution in [2.24, 2.45) is 0 Å². The lowest BCUT2D eigenvalue weighted by molar-refractivity contribution is 0.0818. The second-order valence-electron chi connectivity index (χ2n) is 7.64. The van der Waals surface area contributed by atoms with Crippen molar-refractivity contribution in [1.82, 2.24) is 9.88 Å². The summed E-state index contributed by atoms with van der Waals surface area (Å²) in [5.41, 5.74) is 2.14. The highest BCUT2D eigenvalue weighted by Crippen LogP contribution is 2.19. The number of fused-ring (bicyclic) bond motifs is 1. The van der Waals surface area contributed by atoms with Crippen LogP contribution in [0, 0.1) is 12.7 Å². The molecule has 0 aliphatic carbocycles. The molecule has 0 unspecified atom stereocenters. The van der Waals surface area contributed by atoms with Crippen molar-refractivity contribution in [2.75, 3.05) is 18.5 Å². The highest BCUT2D eigenvalue weighted by molar-refractivity contribution is 5.89. The Bertz CT molecular complexity index is 1120. The molecular formula is C23H24FN3O3. The molecule has 2 heterocycles. The third-order valence-electron chi connectivity index (χ3n) is 5.29. The first-order valence-corrected chi connectivity index (χ1v) is 10.0. The number of pyridine rings is 1. The molecule has 0 radical (unpaired) electrons. The van der Waals surface area contributed by atoms with Crippen LogP contribution in [0.5, 0.6) is 0 Å². The van der Waals surface area contributed by atoms with Gasteiger partial charge >= 0.3 is 6.03 Å². The number of amides is 2. The number of carbonyl (C=O) groups excluding carboxylic acids is 1. The number of hydrogen-bond acceptors (Lipinski definition) is 3. The number of rotatable bonds is 5. The van der Waals surface area contributed by atoms with Gasteiger partial charge in [0.2, 0.25) is 0 Å². The molecule has 1 atom stereocenters. The fourth-order valence-corrected chi connectivity index (χ4v) is 3.70. The summed E-state index contributed by atoms with van der Waals surface area (Å²) in [7, 11) is 0. The summed E-state index contributed by atoms with van der Waals surface area (Å²) >= 11 is 0. The summed E-state index contributed by atoms with van der Waals surface area (Å²) in [6.07, 6.45) is 1.68. The summed E-state index contributed by atoms with van der Waals surface area (Å²) in [5.74, 6) is -0.512. The molecule has 0 bridgehead atoms. The van der Waals surface area contributed by atoms with Gasteiger partial charge in [0.05, 0.1) is 18.3 Å². The minimum absolute atomic E-state index is 0.0966. The predicted molar refractivity (Wildman–Crippen MR) is 114 cm³/mol. The van der Waals surface area contributed by atoms with E-state index in [4.69, 9.17) is 4.74 Å². The largest absolute Gasteiger partial charge is 0.376 e. The van der Waals surface area contributed by atoms with Gasteiger partial charge in [-0.1, -0.05) is 23.8 Å². The summed E-state index contributed by atoms with van der Waals surface area (Å²) in [5, 5.41) is 3.51. The van der Waals surface area contributed by atoms with E-state index in [1.54, 1.807) is 18.2 Å². The number of halogens is 1. The van der Waals surface area contributed by atoms with Gasteiger partial charge in [0.25, 0.3) is 5.56 Å². The standard InChI is InChI=1S/C23H24FN3O3/c1-15-8-9-20-16(11-15)12-17(22(28)25-20)13-27(14-18-5-4-10-30-18)23(29)26-21-7-3-2-6-19(21)24/h2-3,6-9,11-12,18H,4-5,10,13-14H2,1H3,(H,25,28)(H,26,29)/t18-/m0/s1. The molecule has 0 saturated carbocycles. The van der Waals surface area contributed by atoms with Crippen LogP contribution in [-0.4, -0.2) is 35.2 Å². The minimum Gasteiger partial charge on any atom is -0.376 e. The van der Waals surface area contributed by atoms with Gasteiger partial charge in [0.15, 0.2) is 0 Å². The number of urea groups is 1. The van der Waals surface area contributed by atoms with Gasteiger partial charge in [0.1, 0.15) is 5.82 Å². The van der Waals surface area contributed by atoms with Crippen molar-refractivity contribution in [3.05, 3.63) is 75.8 Å². The van der Waals surface area contributed by atoms with Crippen LogP contribution in [-0.2, 0) is 11.3 Å². The van der Waals surface area contributed by atoms with E-state index in [0.717, 1.165) is 29.3 Å². The molecule has 156 valence electrons. The maximum absolute atomic E-state index is 14.0. The van der Waals surface area contributed by atoms with Crippen LogP contribution < -0.4 is 10.9 Å². The molecule has 7 heteroatoms. The number of carbonyl (C=O) groups is 1. The minimum atomic E-state index is -0.512. The molecule has 1 aliphatic rings. The number of aromatic amines is 1. The lowest BCUT2D eigenvalue weighted by Gasteiger charge is -2.26. The molecule has 2 N–H and O–H groups in total. The van der Waals surface area contributed by atoms with Crippen molar-refractivity contribution in [1.29, 1.82) is 0 Å². The smallest absolute Gasteiger partial charge is 0.322 e. The highest BCUT2D eigenvalue weighted by atomic mass is 19.1. The zero-order valence-corrected chi connectivity index (χ0v) is 16.8. The molecule has 3 aromatic rings. The van der Waals surface area contributed by atoms with E-state index in [1.165, 1.54) is 17.0 Å². The van der Waals surface area contributed by atoms with E-state index in [1.807, 2.05) is 25.1 Å². The second-order valence-corrected chi connectivity index (χ2v) is 7.64. The van der Waals surface area contributed by atoms with Crippen molar-refractivity contribution in [3.8, 4) is 0 Å². The fraction of sp³-hybridized carbons (Fsp3) is 0.304. The maximum Gasteiger partial charge on any atom is 0.322 e. The van der Waals surface area contributed by atoms with Crippen LogP contribution in [0.1, 0.15) is 24.0 Å². The molecule has 0 spiro atoms. The fourth-order valence-electron chi connectivity index (χ4n) is 3.70. The van der Waals surface area contributed by atoms with Gasteiger partial charge < -0.3 is 19.9 Å². The van der Waals surface area contributed by atoms with Crippen LogP contribution in [0.3, 0.4) is 0 Å². The van der Waals surface area contributed by atoms with Crippen molar-refractivity contribution >= 4 is 22.6 Å². The number of aryl methyl sites for hydroxylation is 1. The molecule has 2 aromatic carbocycles. The monoisotopic (exact) mass is 409 g/mol. The number of nitrogens with one attached hydrogen (secondary N) is 2. The number of ether oxygens (including phenoxy) is 1. The van der Waals surface area contributed by atoms with Gasteiger partial charge in [0, 0.05) is 24.2 Å². The molecule has 6 nitrogen and oxygen atoms in total. The van der Waals surface area contributed by atoms with E-state index in [0.29, 0.717) is 18.7 Å². The SMILES string of the molecule is Cc1ccc2[nH]c(=O)c(CN(C[C@@H]3CCCO3)C(=O)Nc3ccccc3F)cc2c1. The zero-order valence-electron chi connectivity index (χ0n) is 16.8. The number of aromatic nitrogens is 1. The van der Waals surface area contributed by atoms with E-state index in [2.05, 4.69) is 10.3 Å². The molecule has 1 aliphatic heterocycles. The first-order valence-electron chi connectivity index (χ1n) is 10.0. The summed E-state index contributed by atoms with van der Waals surface area (Å²) in [4.78, 5) is 30.0. The van der Waals surface area contributed by atoms with Gasteiger partial charge in [-0.3, -0.25) is 4.79 Å². The van der Waals surface area contributed by atoms with E-state index in [9.17, 15) is 14.0 Å². The Morgan fingerprint density at radius 1 is 1.27 bits per heavy atom. The Morgan fingerprint density at radius 2 is 2.10 bits per heavy atom. The van der Waals surface area contributed by atoms with Crippen LogP contribution in [0.4, 0.5) is 14.9 Å². The quantitative estimate of drug-likeness (QED) is 0.664. The van der Waals surface area contributed by atoms with E-state index < -0.39 is 11.8 Å². The number of hydrogen-bond donors (Lipinski definition) is 2. The molecule has 1 saturated heterocycles. The van der Waals surface area contributed by atoms with Gasteiger partial charge in [-0.25, -0.2) is 9.18 Å². The number of benzene rings is 2. The maximum atomic E-state index is 14.0. The summed E-state index contributed by atoms with van der Waals surface area (Å²) in [6, 6.07) is 13.1. The summed E-state index contributed by atoms with van der Waals surface area (Å²) < 4.78 is 19.7. The Labute approximate surface area is 173 Å². The van der Waals surface area contributed by atoms with Crippen molar-refractivity contribution in [3.63, 3.8) is 0 Å². The molecular weight excluding hydrogens is 385 g/mol. The Morgan fingerprint density at radius 3 is 2.87 bits per heavy atom. The molecule has 4 rings (SSSR count). The van der Waals surface area contributed by atoms with Crippen LogP contribution in [0.25, 0.3) is 10.9 Å². The molecule has 1 aromatic heterocycles. The normalized spacial score (nSPS) is 16.0. The van der Waals surface area contributed by atoms with Gasteiger partial charge in [-0.15, -0.1) is 0 Å². The lowest BCUT2D eigenvalue weighted by Crippen LogP contribution is -2.41. The predicted octanol–water partition coefficient (Wildman–Crippen LogP) is 4.19. The number of anilines is 1. The Hall–Kier alpha value is -3.19. The Balaban J connectivity index is 1.61. The van der Waals surface area contributed by atoms with Crippen LogP contribution >= 0.6 is 0 Å². The van der Waals surface area contributed by atoms with Gasteiger partial charge in [-0.2, -0.15) is 0 Å². The average Bonchev–Trinajstić information content (AvgIpc) is 3.23. The van der Waals surface area contributed by atoms with Gasteiger partial charge in [-0.05, 0) is 55.5 Å². The Kier molecular flexibility index (Phi) is 5.81. The molecule has 1 fully saturated rings. The lowest BCUT2D eigenvalue weighted by atomic mass is 10.1. The van der Waals surface area contributed by atoms with Crippen LogP contribution in [0.15, 0.2) is 53.3 Å². The number of H-pyrrole nitrogens is 1. The first kappa shape index (κ1) is 20.1. The van der Waals surface area contributed by atoms with E-state index in [-0.39, 0.29) is 23.9 Å². The average molecular weight is 409 g/mol. The van der Waals surface area contributed by atoms with Crippen molar-refractivity contribution in [2.45, 2.75) is 32.4 Å². The molecule has 2 amide bonds. The second kappa shape index (κ2) is 8.67. The van der Waals surface area contributed by atoms with Crippen LogP contribution in [0.2, 0.25) is 0 Å². The first-order chi connectivity index (χ1) is 14.5. The third kappa shape index (κ3) is 4.52. The summed E-state index contributed by atoms with van der Waals surface area (Å²) in [6.45, 7) is 3.06. The van der Waals surface area contributed by atoms with Crippen molar-refractivity contribution < 1.29 is 13.9 Å². The van der Waals surface area contributed by atoms with E-state index >= 15 is 0 Å². The zero-order chi connectivity index (χ0) is 21.1. The number of nitrogens with zero attached hydrogens (tertiary/aromatic N) is 1. The topological polar surface area (TPSA) is 74.4 Å². The third-order valence-corrected chi connectivity index (χ3v) is 5.29. The number of para-hydroxylation sites is 1. The molecule has 30 heavy (non-hydrogen) atoms. The highest BCUT2D eigenvalue weighted by Gasteiger charge is 2.24.